The monoisotopic (exact) mass is 510 g/mol. The number of guanidine groups is 1. The molecule has 0 aromatic rings. The molecule has 0 spiro atoms. The Morgan fingerprint density at radius 3 is 2.18 bits per heavy atom. The lowest BCUT2D eigenvalue weighted by molar-refractivity contribution is -0.130. The molecule has 0 aromatic carbocycles. The fraction of sp³-hybridized carbons (Fsp3) is 0.900. The molecule has 0 bridgehead atoms. The first kappa shape index (κ1) is 27.4. The first-order valence-electron chi connectivity index (χ1n) is 10.8. The first-order valence-corrected chi connectivity index (χ1v) is 10.8. The summed E-state index contributed by atoms with van der Waals surface area (Å²) in [6.45, 7) is 21.3. The number of halogens is 1. The zero-order chi connectivity index (χ0) is 20.1. The van der Waals surface area contributed by atoms with E-state index in [1.807, 2.05) is 18.7 Å². The molecule has 1 amide bonds. The van der Waals surface area contributed by atoms with E-state index < -0.39 is 0 Å². The number of carbonyl (C=O) groups is 1. The van der Waals surface area contributed by atoms with Gasteiger partial charge in [0.1, 0.15) is 0 Å². The molecule has 1 aliphatic rings. The quantitative estimate of drug-likeness (QED) is 0.252. The minimum Gasteiger partial charge on any atom is -0.357 e. The molecule has 0 aromatic heterocycles. The Morgan fingerprint density at radius 1 is 1.04 bits per heavy atom. The maximum Gasteiger partial charge on any atom is 0.224 e. The Kier molecular flexibility index (Phi) is 15.9. The molecule has 1 unspecified atom stereocenters. The van der Waals surface area contributed by atoms with Gasteiger partial charge in [0.25, 0.3) is 0 Å². The van der Waals surface area contributed by atoms with Gasteiger partial charge in [0, 0.05) is 71.9 Å². The summed E-state index contributed by atoms with van der Waals surface area (Å²) in [4.78, 5) is 23.7. The fourth-order valence-electron chi connectivity index (χ4n) is 3.40. The molecular formula is C20H43IN6O. The van der Waals surface area contributed by atoms with Gasteiger partial charge < -0.3 is 25.3 Å². The van der Waals surface area contributed by atoms with Crippen LogP contribution in [0.1, 0.15) is 41.0 Å². The normalized spacial score (nSPS) is 17.0. The van der Waals surface area contributed by atoms with Gasteiger partial charge in [0.2, 0.25) is 5.91 Å². The third-order valence-corrected chi connectivity index (χ3v) is 5.13. The SMILES string of the molecule is CCNC(=NCC(C)CN1CCN(CC)CC1)NCCC(=O)N(CC)CC.I. The van der Waals surface area contributed by atoms with Crippen LogP contribution in [0.5, 0.6) is 0 Å². The van der Waals surface area contributed by atoms with Gasteiger partial charge >= 0.3 is 0 Å². The van der Waals surface area contributed by atoms with Crippen molar-refractivity contribution in [2.75, 3.05) is 72.0 Å². The highest BCUT2D eigenvalue weighted by atomic mass is 127. The standard InChI is InChI=1S/C20H42N6O.HI/c1-6-21-20(22-11-10-19(27)26(8-3)9-4)23-16-18(5)17-25-14-12-24(7-2)13-15-25;/h18H,6-17H2,1-5H3,(H2,21,22,23);1H. The Bertz CT molecular complexity index is 436. The molecule has 1 fully saturated rings. The van der Waals surface area contributed by atoms with Gasteiger partial charge in [-0.2, -0.15) is 0 Å². The second-order valence-corrected chi connectivity index (χ2v) is 7.30. The van der Waals surface area contributed by atoms with Crippen molar-refractivity contribution in [3.63, 3.8) is 0 Å². The van der Waals surface area contributed by atoms with Crippen molar-refractivity contribution in [3.8, 4) is 0 Å². The summed E-state index contributed by atoms with van der Waals surface area (Å²) in [5, 5.41) is 6.58. The lowest BCUT2D eigenvalue weighted by atomic mass is 10.1. The van der Waals surface area contributed by atoms with E-state index in [1.165, 1.54) is 13.1 Å². The molecule has 2 N–H and O–H groups in total. The summed E-state index contributed by atoms with van der Waals surface area (Å²) in [6, 6.07) is 0. The summed E-state index contributed by atoms with van der Waals surface area (Å²) in [7, 11) is 0. The van der Waals surface area contributed by atoms with Crippen LogP contribution in [0.25, 0.3) is 0 Å². The number of rotatable bonds is 11. The lowest BCUT2D eigenvalue weighted by Crippen LogP contribution is -2.47. The Labute approximate surface area is 189 Å². The van der Waals surface area contributed by atoms with Crippen molar-refractivity contribution in [1.82, 2.24) is 25.3 Å². The predicted octanol–water partition coefficient (Wildman–Crippen LogP) is 1.69. The second kappa shape index (κ2) is 16.2. The van der Waals surface area contributed by atoms with Crippen LogP contribution in [0, 0.1) is 5.92 Å². The predicted molar refractivity (Wildman–Crippen MR) is 130 cm³/mol. The smallest absolute Gasteiger partial charge is 0.224 e. The van der Waals surface area contributed by atoms with Crippen molar-refractivity contribution < 1.29 is 4.79 Å². The first-order chi connectivity index (χ1) is 13.0. The zero-order valence-electron chi connectivity index (χ0n) is 18.7. The molecule has 1 aliphatic heterocycles. The number of nitrogens with zero attached hydrogens (tertiary/aromatic N) is 4. The number of nitrogens with one attached hydrogen (secondary N) is 2. The third kappa shape index (κ3) is 10.8. The number of carbonyl (C=O) groups excluding carboxylic acids is 1. The number of amides is 1. The topological polar surface area (TPSA) is 63.2 Å². The van der Waals surface area contributed by atoms with Crippen LogP contribution in [0.4, 0.5) is 0 Å². The minimum absolute atomic E-state index is 0. The summed E-state index contributed by atoms with van der Waals surface area (Å²) in [5.74, 6) is 1.53. The Hall–Kier alpha value is -0.610. The van der Waals surface area contributed by atoms with E-state index in [4.69, 9.17) is 4.99 Å². The van der Waals surface area contributed by atoms with E-state index in [0.717, 1.165) is 58.3 Å². The summed E-state index contributed by atoms with van der Waals surface area (Å²) in [6.07, 6.45) is 0.503. The molecule has 8 heteroatoms. The average molecular weight is 511 g/mol. The maximum atomic E-state index is 12.1. The molecule has 0 saturated carbocycles. The minimum atomic E-state index is 0. The van der Waals surface area contributed by atoms with E-state index in [1.54, 1.807) is 0 Å². The molecular weight excluding hydrogens is 467 g/mol. The van der Waals surface area contributed by atoms with E-state index in [-0.39, 0.29) is 29.9 Å². The van der Waals surface area contributed by atoms with E-state index in [9.17, 15) is 4.79 Å². The van der Waals surface area contributed by atoms with Gasteiger partial charge in [-0.05, 0) is 33.2 Å². The van der Waals surface area contributed by atoms with Gasteiger partial charge in [-0.1, -0.05) is 13.8 Å². The number of hydrogen-bond donors (Lipinski definition) is 2. The van der Waals surface area contributed by atoms with Gasteiger partial charge in [-0.25, -0.2) is 0 Å². The van der Waals surface area contributed by atoms with Crippen molar-refractivity contribution in [1.29, 1.82) is 0 Å². The van der Waals surface area contributed by atoms with Crippen LogP contribution in [-0.2, 0) is 4.79 Å². The highest BCUT2D eigenvalue weighted by Crippen LogP contribution is 2.06. The zero-order valence-corrected chi connectivity index (χ0v) is 21.0. The molecule has 1 heterocycles. The van der Waals surface area contributed by atoms with Crippen molar-refractivity contribution in [2.45, 2.75) is 41.0 Å². The maximum absolute atomic E-state index is 12.1. The molecule has 7 nitrogen and oxygen atoms in total. The van der Waals surface area contributed by atoms with Crippen LogP contribution < -0.4 is 10.6 Å². The van der Waals surface area contributed by atoms with E-state index >= 15 is 0 Å². The third-order valence-electron chi connectivity index (χ3n) is 5.13. The van der Waals surface area contributed by atoms with Crippen LogP contribution in [-0.4, -0.2) is 98.6 Å². The highest BCUT2D eigenvalue weighted by Gasteiger charge is 2.17. The molecule has 0 aliphatic carbocycles. The Morgan fingerprint density at radius 2 is 1.64 bits per heavy atom. The number of aliphatic imine (C=N–C) groups is 1. The van der Waals surface area contributed by atoms with Crippen LogP contribution in [0.3, 0.4) is 0 Å². The Balaban J connectivity index is 0.00000729. The van der Waals surface area contributed by atoms with Crippen LogP contribution in [0.2, 0.25) is 0 Å². The van der Waals surface area contributed by atoms with Gasteiger partial charge in [0.15, 0.2) is 5.96 Å². The molecule has 166 valence electrons. The largest absolute Gasteiger partial charge is 0.357 e. The van der Waals surface area contributed by atoms with Crippen LogP contribution in [0.15, 0.2) is 4.99 Å². The lowest BCUT2D eigenvalue weighted by Gasteiger charge is -2.35. The number of likely N-dealkylation sites (N-methyl/N-ethyl adjacent to an activating group) is 1. The fourth-order valence-corrected chi connectivity index (χ4v) is 3.40. The summed E-state index contributed by atoms with van der Waals surface area (Å²) >= 11 is 0. The second-order valence-electron chi connectivity index (χ2n) is 7.30. The van der Waals surface area contributed by atoms with Gasteiger partial charge in [0.05, 0.1) is 0 Å². The molecule has 1 rings (SSSR count). The highest BCUT2D eigenvalue weighted by molar-refractivity contribution is 14.0. The average Bonchev–Trinajstić information content (AvgIpc) is 2.67. The molecule has 28 heavy (non-hydrogen) atoms. The summed E-state index contributed by atoms with van der Waals surface area (Å²) < 4.78 is 0. The molecule has 1 saturated heterocycles. The molecule has 1 atom stereocenters. The van der Waals surface area contributed by atoms with Crippen LogP contribution >= 0.6 is 24.0 Å². The van der Waals surface area contributed by atoms with Crippen molar-refractivity contribution >= 4 is 35.8 Å². The number of hydrogen-bond acceptors (Lipinski definition) is 4. The van der Waals surface area contributed by atoms with Crippen molar-refractivity contribution in [3.05, 3.63) is 0 Å². The molecule has 0 radical (unpaired) electrons. The van der Waals surface area contributed by atoms with Gasteiger partial charge in [-0.3, -0.25) is 9.79 Å². The van der Waals surface area contributed by atoms with E-state index in [0.29, 0.717) is 18.9 Å². The van der Waals surface area contributed by atoms with Gasteiger partial charge in [-0.15, -0.1) is 24.0 Å². The van der Waals surface area contributed by atoms with Crippen molar-refractivity contribution in [2.24, 2.45) is 10.9 Å². The van der Waals surface area contributed by atoms with E-state index in [2.05, 4.69) is 41.2 Å². The summed E-state index contributed by atoms with van der Waals surface area (Å²) in [5.41, 5.74) is 0. The number of piperazine rings is 1.